The van der Waals surface area contributed by atoms with Gasteiger partial charge in [0.1, 0.15) is 5.75 Å². The SMILES string of the molecule is CCCn1c(CCCc2ccc(OC)cc2)c(O)n(Cc2ccc(C)c(C)c2)c1=O. The van der Waals surface area contributed by atoms with E-state index in [1.807, 2.05) is 25.1 Å². The molecule has 0 fully saturated rings. The van der Waals surface area contributed by atoms with Crippen LogP contribution in [0, 0.1) is 13.8 Å². The van der Waals surface area contributed by atoms with Gasteiger partial charge in [0.25, 0.3) is 0 Å². The first-order valence-electron chi connectivity index (χ1n) is 10.6. The molecule has 0 atom stereocenters. The number of hydrogen-bond donors (Lipinski definition) is 1. The number of nitrogens with zero attached hydrogens (tertiary/aromatic N) is 2. The molecule has 0 spiro atoms. The number of methoxy groups -OCH3 is 1. The summed E-state index contributed by atoms with van der Waals surface area (Å²) in [4.78, 5) is 13.0. The average Bonchev–Trinajstić information content (AvgIpc) is 2.96. The van der Waals surface area contributed by atoms with E-state index in [2.05, 4.69) is 38.1 Å². The molecule has 1 N–H and O–H groups in total. The smallest absolute Gasteiger partial charge is 0.331 e. The zero-order valence-electron chi connectivity index (χ0n) is 18.4. The van der Waals surface area contributed by atoms with Crippen LogP contribution in [0.5, 0.6) is 11.6 Å². The quantitative estimate of drug-likeness (QED) is 0.562. The third-order valence-electron chi connectivity index (χ3n) is 5.70. The first-order valence-corrected chi connectivity index (χ1v) is 10.6. The Hall–Kier alpha value is -2.95. The maximum absolute atomic E-state index is 13.0. The highest BCUT2D eigenvalue weighted by Gasteiger charge is 2.19. The van der Waals surface area contributed by atoms with Crippen molar-refractivity contribution in [3.63, 3.8) is 0 Å². The molecule has 1 aromatic heterocycles. The van der Waals surface area contributed by atoms with Gasteiger partial charge in [-0.2, -0.15) is 0 Å². The molecule has 30 heavy (non-hydrogen) atoms. The van der Waals surface area contributed by atoms with Crippen molar-refractivity contribution in [2.24, 2.45) is 0 Å². The molecule has 0 aliphatic rings. The van der Waals surface area contributed by atoms with Gasteiger partial charge in [-0.15, -0.1) is 0 Å². The van der Waals surface area contributed by atoms with Crippen molar-refractivity contribution in [1.82, 2.24) is 9.13 Å². The molecule has 0 radical (unpaired) electrons. The van der Waals surface area contributed by atoms with E-state index in [0.29, 0.717) is 19.5 Å². The fourth-order valence-corrected chi connectivity index (χ4v) is 3.81. The molecule has 2 aromatic carbocycles. The Morgan fingerprint density at radius 2 is 1.63 bits per heavy atom. The van der Waals surface area contributed by atoms with E-state index in [9.17, 15) is 9.90 Å². The summed E-state index contributed by atoms with van der Waals surface area (Å²) in [5.41, 5.74) is 5.25. The van der Waals surface area contributed by atoms with Crippen molar-refractivity contribution in [2.75, 3.05) is 7.11 Å². The van der Waals surface area contributed by atoms with Gasteiger partial charge in [-0.05, 0) is 73.9 Å². The van der Waals surface area contributed by atoms with E-state index >= 15 is 0 Å². The molecule has 5 nitrogen and oxygen atoms in total. The summed E-state index contributed by atoms with van der Waals surface area (Å²) < 4.78 is 8.45. The molecule has 1 heterocycles. The van der Waals surface area contributed by atoms with Gasteiger partial charge in [-0.25, -0.2) is 4.79 Å². The Kier molecular flexibility index (Phi) is 7.03. The summed E-state index contributed by atoms with van der Waals surface area (Å²) in [5.74, 6) is 0.943. The van der Waals surface area contributed by atoms with E-state index in [4.69, 9.17) is 4.74 Å². The molecule has 0 unspecified atom stereocenters. The van der Waals surface area contributed by atoms with Gasteiger partial charge in [-0.3, -0.25) is 9.13 Å². The molecule has 0 saturated heterocycles. The number of aromatic nitrogens is 2. The number of ether oxygens (including phenoxy) is 1. The first kappa shape index (κ1) is 21.8. The Labute approximate surface area is 178 Å². The lowest BCUT2D eigenvalue weighted by Crippen LogP contribution is -2.25. The molecule has 0 aliphatic heterocycles. The molecule has 5 heteroatoms. The van der Waals surface area contributed by atoms with E-state index in [0.717, 1.165) is 36.3 Å². The summed E-state index contributed by atoms with van der Waals surface area (Å²) in [5, 5.41) is 10.9. The van der Waals surface area contributed by atoms with Crippen molar-refractivity contribution < 1.29 is 9.84 Å². The first-order chi connectivity index (χ1) is 14.4. The highest BCUT2D eigenvalue weighted by Crippen LogP contribution is 2.22. The highest BCUT2D eigenvalue weighted by atomic mass is 16.5. The summed E-state index contributed by atoms with van der Waals surface area (Å²) in [6.07, 6.45) is 3.24. The topological polar surface area (TPSA) is 56.4 Å². The van der Waals surface area contributed by atoms with E-state index in [-0.39, 0.29) is 11.6 Å². The van der Waals surface area contributed by atoms with Crippen LogP contribution in [0.3, 0.4) is 0 Å². The summed E-state index contributed by atoms with van der Waals surface area (Å²) >= 11 is 0. The van der Waals surface area contributed by atoms with Gasteiger partial charge < -0.3 is 9.84 Å². The van der Waals surface area contributed by atoms with Crippen LogP contribution >= 0.6 is 0 Å². The zero-order valence-corrected chi connectivity index (χ0v) is 18.4. The average molecular weight is 409 g/mol. The minimum atomic E-state index is -0.132. The maximum Gasteiger partial charge on any atom is 0.331 e. The van der Waals surface area contributed by atoms with Gasteiger partial charge in [0.2, 0.25) is 5.88 Å². The number of aromatic hydroxyl groups is 1. The molecule has 0 saturated carbocycles. The van der Waals surface area contributed by atoms with E-state index in [1.165, 1.54) is 21.3 Å². The van der Waals surface area contributed by atoms with Gasteiger partial charge in [0.05, 0.1) is 19.3 Å². The predicted molar refractivity (Wildman–Crippen MR) is 121 cm³/mol. The number of imidazole rings is 1. The molecule has 0 bridgehead atoms. The molecule has 3 rings (SSSR count). The van der Waals surface area contributed by atoms with Crippen LogP contribution in [0.1, 0.15) is 47.7 Å². The van der Waals surface area contributed by atoms with Crippen molar-refractivity contribution in [2.45, 2.75) is 59.5 Å². The molecular weight excluding hydrogens is 376 g/mol. The van der Waals surface area contributed by atoms with Crippen LogP contribution < -0.4 is 10.4 Å². The monoisotopic (exact) mass is 408 g/mol. The predicted octanol–water partition coefficient (Wildman–Crippen LogP) is 4.61. The number of rotatable bonds is 9. The second-order valence-corrected chi connectivity index (χ2v) is 7.91. The van der Waals surface area contributed by atoms with Crippen LogP contribution in [0.4, 0.5) is 0 Å². The fourth-order valence-electron chi connectivity index (χ4n) is 3.81. The molecule has 3 aromatic rings. The van der Waals surface area contributed by atoms with Gasteiger partial charge in [0.15, 0.2) is 0 Å². The molecule has 160 valence electrons. The second-order valence-electron chi connectivity index (χ2n) is 7.91. The third kappa shape index (κ3) is 4.78. The number of hydrogen-bond acceptors (Lipinski definition) is 3. The van der Waals surface area contributed by atoms with Gasteiger partial charge >= 0.3 is 5.69 Å². The molecular formula is C25H32N2O3. The van der Waals surface area contributed by atoms with Crippen LogP contribution in [-0.4, -0.2) is 21.4 Å². The largest absolute Gasteiger partial charge is 0.497 e. The molecule has 0 amide bonds. The summed E-state index contributed by atoms with van der Waals surface area (Å²) in [6, 6.07) is 14.2. The van der Waals surface area contributed by atoms with Gasteiger partial charge in [-0.1, -0.05) is 37.3 Å². The van der Waals surface area contributed by atoms with Gasteiger partial charge in [0, 0.05) is 6.54 Å². The Morgan fingerprint density at radius 3 is 2.27 bits per heavy atom. The minimum absolute atomic E-state index is 0.0985. The normalized spacial score (nSPS) is 11.1. The fraction of sp³-hybridized carbons (Fsp3) is 0.400. The van der Waals surface area contributed by atoms with Crippen molar-refractivity contribution >= 4 is 0 Å². The van der Waals surface area contributed by atoms with Crippen LogP contribution in [-0.2, 0) is 25.9 Å². The Balaban J connectivity index is 1.79. The van der Waals surface area contributed by atoms with Crippen molar-refractivity contribution in [3.8, 4) is 11.6 Å². The van der Waals surface area contributed by atoms with Crippen LogP contribution in [0.15, 0.2) is 47.3 Å². The van der Waals surface area contributed by atoms with Crippen LogP contribution in [0.2, 0.25) is 0 Å². The molecule has 0 aliphatic carbocycles. The van der Waals surface area contributed by atoms with E-state index in [1.54, 1.807) is 11.7 Å². The maximum atomic E-state index is 13.0. The summed E-state index contributed by atoms with van der Waals surface area (Å²) in [7, 11) is 1.66. The second kappa shape index (κ2) is 9.70. The van der Waals surface area contributed by atoms with E-state index < -0.39 is 0 Å². The Morgan fingerprint density at radius 1 is 0.933 bits per heavy atom. The third-order valence-corrected chi connectivity index (χ3v) is 5.70. The summed E-state index contributed by atoms with van der Waals surface area (Å²) in [6.45, 7) is 7.18. The lowest BCUT2D eigenvalue weighted by Gasteiger charge is -2.08. The Bertz CT molecular complexity index is 1050. The standard InChI is InChI=1S/C25H32N2O3/c1-5-15-26-23(8-6-7-20-11-13-22(30-4)14-12-20)24(28)27(25(26)29)17-21-10-9-18(2)19(3)16-21/h9-14,16,28H,5-8,15,17H2,1-4H3. The van der Waals surface area contributed by atoms with Crippen LogP contribution in [0.25, 0.3) is 0 Å². The minimum Gasteiger partial charge on any atom is -0.497 e. The lowest BCUT2D eigenvalue weighted by atomic mass is 10.1. The zero-order chi connectivity index (χ0) is 21.7. The van der Waals surface area contributed by atoms with Crippen molar-refractivity contribution in [3.05, 3.63) is 80.9 Å². The van der Waals surface area contributed by atoms with Crippen molar-refractivity contribution in [1.29, 1.82) is 0 Å². The number of benzene rings is 2. The number of aryl methyl sites for hydroxylation is 3. The highest BCUT2D eigenvalue weighted by molar-refractivity contribution is 5.31. The lowest BCUT2D eigenvalue weighted by molar-refractivity contribution is 0.414.